The lowest BCUT2D eigenvalue weighted by Gasteiger charge is -2.08. The van der Waals surface area contributed by atoms with Gasteiger partial charge in [0, 0.05) is 32.9 Å². The van der Waals surface area contributed by atoms with Crippen molar-refractivity contribution in [3.05, 3.63) is 12.4 Å². The second-order valence-corrected chi connectivity index (χ2v) is 4.20. The standard InChI is InChI=1S/C13H24N4O/c1-3-4-5-7-14-12-10-13(17-11-16-12)15-8-6-9-18-2/h10-11H,3-9H2,1-2H3,(H2,14,15,16,17). The van der Waals surface area contributed by atoms with E-state index in [1.165, 1.54) is 19.3 Å². The molecule has 0 unspecified atom stereocenters. The summed E-state index contributed by atoms with van der Waals surface area (Å²) in [7, 11) is 1.71. The van der Waals surface area contributed by atoms with E-state index in [0.717, 1.165) is 37.8 Å². The zero-order valence-electron chi connectivity index (χ0n) is 11.4. The summed E-state index contributed by atoms with van der Waals surface area (Å²) in [5.74, 6) is 1.74. The molecule has 1 aromatic heterocycles. The van der Waals surface area contributed by atoms with E-state index in [0.29, 0.717) is 0 Å². The molecule has 18 heavy (non-hydrogen) atoms. The molecule has 1 aromatic rings. The maximum atomic E-state index is 4.99. The van der Waals surface area contributed by atoms with E-state index in [4.69, 9.17) is 4.74 Å². The Hall–Kier alpha value is -1.36. The van der Waals surface area contributed by atoms with Gasteiger partial charge in [-0.25, -0.2) is 9.97 Å². The average Bonchev–Trinajstić information content (AvgIpc) is 2.40. The third-order valence-corrected chi connectivity index (χ3v) is 2.58. The van der Waals surface area contributed by atoms with Gasteiger partial charge in [0.05, 0.1) is 0 Å². The van der Waals surface area contributed by atoms with Crippen LogP contribution in [0, 0.1) is 0 Å². The van der Waals surface area contributed by atoms with Gasteiger partial charge in [0.15, 0.2) is 0 Å². The van der Waals surface area contributed by atoms with Crippen molar-refractivity contribution in [1.29, 1.82) is 0 Å². The van der Waals surface area contributed by atoms with Gasteiger partial charge in [-0.1, -0.05) is 19.8 Å². The number of unbranched alkanes of at least 4 members (excludes halogenated alkanes) is 2. The number of hydrogen-bond acceptors (Lipinski definition) is 5. The first-order valence-corrected chi connectivity index (χ1v) is 6.65. The number of hydrogen-bond donors (Lipinski definition) is 2. The quantitative estimate of drug-likeness (QED) is 0.627. The van der Waals surface area contributed by atoms with Crippen LogP contribution in [0.1, 0.15) is 32.6 Å². The summed E-state index contributed by atoms with van der Waals surface area (Å²) in [4.78, 5) is 8.37. The number of ether oxygens (including phenoxy) is 1. The van der Waals surface area contributed by atoms with E-state index in [-0.39, 0.29) is 0 Å². The summed E-state index contributed by atoms with van der Waals surface area (Å²) < 4.78 is 4.99. The van der Waals surface area contributed by atoms with Crippen LogP contribution in [-0.4, -0.2) is 36.8 Å². The number of nitrogens with zero attached hydrogens (tertiary/aromatic N) is 2. The molecule has 5 nitrogen and oxygen atoms in total. The summed E-state index contributed by atoms with van der Waals surface area (Å²) in [5.41, 5.74) is 0. The molecule has 0 bridgehead atoms. The Balaban J connectivity index is 2.27. The smallest absolute Gasteiger partial charge is 0.131 e. The summed E-state index contributed by atoms with van der Waals surface area (Å²) in [6, 6.07) is 1.94. The van der Waals surface area contributed by atoms with E-state index in [2.05, 4.69) is 27.5 Å². The Morgan fingerprint density at radius 1 is 1.06 bits per heavy atom. The van der Waals surface area contributed by atoms with Crippen molar-refractivity contribution in [1.82, 2.24) is 9.97 Å². The molecule has 0 saturated heterocycles. The van der Waals surface area contributed by atoms with Crippen molar-refractivity contribution in [3.63, 3.8) is 0 Å². The largest absolute Gasteiger partial charge is 0.385 e. The minimum absolute atomic E-state index is 0.764. The van der Waals surface area contributed by atoms with Crippen LogP contribution in [0.25, 0.3) is 0 Å². The molecule has 0 radical (unpaired) electrons. The Bertz CT molecular complexity index is 292. The van der Waals surface area contributed by atoms with Crippen molar-refractivity contribution in [2.24, 2.45) is 0 Å². The van der Waals surface area contributed by atoms with Crippen molar-refractivity contribution in [2.75, 3.05) is 37.4 Å². The van der Waals surface area contributed by atoms with Gasteiger partial charge < -0.3 is 15.4 Å². The van der Waals surface area contributed by atoms with Crippen molar-refractivity contribution < 1.29 is 4.74 Å². The highest BCUT2D eigenvalue weighted by Gasteiger charge is 1.97. The molecule has 5 heteroatoms. The number of nitrogens with one attached hydrogen (secondary N) is 2. The molecule has 102 valence electrons. The minimum Gasteiger partial charge on any atom is -0.385 e. The highest BCUT2D eigenvalue weighted by molar-refractivity contribution is 5.46. The lowest BCUT2D eigenvalue weighted by Crippen LogP contribution is -2.08. The maximum absolute atomic E-state index is 4.99. The maximum Gasteiger partial charge on any atom is 0.131 e. The Morgan fingerprint density at radius 3 is 2.33 bits per heavy atom. The highest BCUT2D eigenvalue weighted by atomic mass is 16.5. The summed E-state index contributed by atoms with van der Waals surface area (Å²) in [5, 5.41) is 6.56. The second kappa shape index (κ2) is 9.65. The van der Waals surface area contributed by atoms with Crippen molar-refractivity contribution in [3.8, 4) is 0 Å². The summed E-state index contributed by atoms with van der Waals surface area (Å²) in [6.45, 7) is 4.79. The van der Waals surface area contributed by atoms with E-state index >= 15 is 0 Å². The number of aromatic nitrogens is 2. The van der Waals surface area contributed by atoms with Crippen LogP contribution >= 0.6 is 0 Å². The molecule has 0 aliphatic heterocycles. The fraction of sp³-hybridized carbons (Fsp3) is 0.692. The zero-order chi connectivity index (χ0) is 13.1. The van der Waals surface area contributed by atoms with Crippen LogP contribution in [0.15, 0.2) is 12.4 Å². The fourth-order valence-corrected chi connectivity index (χ4v) is 1.58. The molecular weight excluding hydrogens is 228 g/mol. The first kappa shape index (κ1) is 14.7. The number of anilines is 2. The molecule has 1 heterocycles. The van der Waals surface area contributed by atoms with E-state index in [1.54, 1.807) is 13.4 Å². The van der Waals surface area contributed by atoms with E-state index in [9.17, 15) is 0 Å². The van der Waals surface area contributed by atoms with Crippen molar-refractivity contribution in [2.45, 2.75) is 32.6 Å². The van der Waals surface area contributed by atoms with Crippen LogP contribution in [-0.2, 0) is 4.74 Å². The fourth-order valence-electron chi connectivity index (χ4n) is 1.58. The van der Waals surface area contributed by atoms with Crippen LogP contribution < -0.4 is 10.6 Å². The van der Waals surface area contributed by atoms with Gasteiger partial charge in [0.25, 0.3) is 0 Å². The predicted molar refractivity (Wildman–Crippen MR) is 75.0 cm³/mol. The Labute approximate surface area is 109 Å². The predicted octanol–water partition coefficient (Wildman–Crippen LogP) is 2.53. The van der Waals surface area contributed by atoms with Crippen LogP contribution in [0.3, 0.4) is 0 Å². The van der Waals surface area contributed by atoms with Gasteiger partial charge in [0.1, 0.15) is 18.0 Å². The molecule has 0 spiro atoms. The number of methoxy groups -OCH3 is 1. The Morgan fingerprint density at radius 2 is 1.72 bits per heavy atom. The lowest BCUT2D eigenvalue weighted by molar-refractivity contribution is 0.198. The SMILES string of the molecule is CCCCCNc1cc(NCCCOC)ncn1. The zero-order valence-corrected chi connectivity index (χ0v) is 11.4. The Kier molecular flexibility index (Phi) is 7.88. The third-order valence-electron chi connectivity index (χ3n) is 2.58. The molecule has 0 fully saturated rings. The first-order chi connectivity index (χ1) is 8.86. The van der Waals surface area contributed by atoms with Gasteiger partial charge in [-0.2, -0.15) is 0 Å². The molecule has 0 aliphatic carbocycles. The first-order valence-electron chi connectivity index (χ1n) is 6.65. The summed E-state index contributed by atoms with van der Waals surface area (Å²) in [6.07, 6.45) is 6.22. The normalized spacial score (nSPS) is 10.3. The topological polar surface area (TPSA) is 59.1 Å². The summed E-state index contributed by atoms with van der Waals surface area (Å²) >= 11 is 0. The van der Waals surface area contributed by atoms with Crippen LogP contribution in [0.4, 0.5) is 11.6 Å². The van der Waals surface area contributed by atoms with Gasteiger partial charge in [-0.3, -0.25) is 0 Å². The van der Waals surface area contributed by atoms with Gasteiger partial charge in [-0.05, 0) is 12.8 Å². The molecule has 0 atom stereocenters. The molecular formula is C13H24N4O. The monoisotopic (exact) mass is 252 g/mol. The third kappa shape index (κ3) is 6.39. The van der Waals surface area contributed by atoms with E-state index in [1.807, 2.05) is 6.07 Å². The second-order valence-electron chi connectivity index (χ2n) is 4.20. The molecule has 0 aliphatic rings. The van der Waals surface area contributed by atoms with Crippen molar-refractivity contribution >= 4 is 11.6 Å². The molecule has 1 rings (SSSR count). The van der Waals surface area contributed by atoms with Crippen LogP contribution in [0.2, 0.25) is 0 Å². The molecule has 0 saturated carbocycles. The number of rotatable bonds is 10. The van der Waals surface area contributed by atoms with Gasteiger partial charge in [0.2, 0.25) is 0 Å². The lowest BCUT2D eigenvalue weighted by atomic mass is 10.2. The average molecular weight is 252 g/mol. The molecule has 2 N–H and O–H groups in total. The van der Waals surface area contributed by atoms with E-state index < -0.39 is 0 Å². The molecule has 0 amide bonds. The van der Waals surface area contributed by atoms with Gasteiger partial charge in [-0.15, -0.1) is 0 Å². The molecule has 0 aromatic carbocycles. The highest BCUT2D eigenvalue weighted by Crippen LogP contribution is 2.08. The minimum atomic E-state index is 0.764. The van der Waals surface area contributed by atoms with Gasteiger partial charge >= 0.3 is 0 Å². The van der Waals surface area contributed by atoms with Crippen LogP contribution in [0.5, 0.6) is 0 Å².